The molecule has 4 saturated carbocycles. The molecule has 33 heavy (non-hydrogen) atoms. The zero-order chi connectivity index (χ0) is 23.4. The third-order valence-corrected chi connectivity index (χ3v) is 11.8. The summed E-state index contributed by atoms with van der Waals surface area (Å²) in [5, 5.41) is 13.0. The number of nitrogens with one attached hydrogen (secondary N) is 1. The Morgan fingerprint density at radius 2 is 1.55 bits per heavy atom. The van der Waals surface area contributed by atoms with Gasteiger partial charge in [0.2, 0.25) is 0 Å². The summed E-state index contributed by atoms with van der Waals surface area (Å²) in [6, 6.07) is 10.8. The van der Waals surface area contributed by atoms with Crippen molar-refractivity contribution in [2.24, 2.45) is 45.8 Å². The van der Waals surface area contributed by atoms with Crippen LogP contribution in [0.2, 0.25) is 0 Å². The lowest BCUT2D eigenvalue weighted by Crippen LogP contribution is -2.62. The number of nitriles is 1. The van der Waals surface area contributed by atoms with E-state index in [1.807, 2.05) is 12.1 Å². The Balaban J connectivity index is 1.39. The zero-order valence-corrected chi connectivity index (χ0v) is 21.8. The van der Waals surface area contributed by atoms with Crippen molar-refractivity contribution in [3.63, 3.8) is 0 Å². The monoisotopic (exact) mass is 446 g/mol. The van der Waals surface area contributed by atoms with Crippen molar-refractivity contribution < 1.29 is 0 Å². The summed E-state index contributed by atoms with van der Waals surface area (Å²) in [6.07, 6.45) is 14.4. The van der Waals surface area contributed by atoms with Crippen LogP contribution < -0.4 is 5.32 Å². The lowest BCUT2D eigenvalue weighted by atomic mass is 9.36. The number of rotatable bonds is 3. The van der Waals surface area contributed by atoms with Gasteiger partial charge in [-0.05, 0) is 128 Å². The van der Waals surface area contributed by atoms with Gasteiger partial charge in [-0.2, -0.15) is 5.26 Å². The van der Waals surface area contributed by atoms with E-state index < -0.39 is 0 Å². The Kier molecular flexibility index (Phi) is 5.86. The van der Waals surface area contributed by atoms with Gasteiger partial charge in [-0.15, -0.1) is 0 Å². The van der Waals surface area contributed by atoms with Crippen LogP contribution in [0.15, 0.2) is 24.3 Å². The van der Waals surface area contributed by atoms with Gasteiger partial charge in [0.05, 0.1) is 11.6 Å². The topological polar surface area (TPSA) is 35.8 Å². The largest absolute Gasteiger partial charge is 0.382 e. The van der Waals surface area contributed by atoms with Gasteiger partial charge in [-0.25, -0.2) is 0 Å². The molecule has 5 rings (SSSR count). The Morgan fingerprint density at radius 1 is 0.879 bits per heavy atom. The standard InChI is InChI=1S/C31H46N2/c1-21-13-16-29(3)24(19-21)14-17-31(5)27-8-6-7-26(30(27,4)18-15-28(29)31)22(2)33-25-11-9-23(20-32)10-12-25/h9-12,21-22,24,26-28,33H,6-8,13-19H2,1-5H3/t21-,22+,24+,26?,27+,28?,29-,30+,31-/m0/s1. The number of hydrogen-bond donors (Lipinski definition) is 1. The maximum atomic E-state index is 9.13. The van der Waals surface area contributed by atoms with Gasteiger partial charge < -0.3 is 5.32 Å². The fourth-order valence-electron chi connectivity index (χ4n) is 10.2. The van der Waals surface area contributed by atoms with E-state index in [0.717, 1.165) is 40.8 Å². The summed E-state index contributed by atoms with van der Waals surface area (Å²) in [7, 11) is 0. The minimum atomic E-state index is 0.438. The van der Waals surface area contributed by atoms with Crippen LogP contribution in [0.4, 0.5) is 5.69 Å². The van der Waals surface area contributed by atoms with Gasteiger partial charge in [0, 0.05) is 11.7 Å². The van der Waals surface area contributed by atoms with Crippen molar-refractivity contribution >= 4 is 5.69 Å². The summed E-state index contributed by atoms with van der Waals surface area (Å²) in [5.74, 6) is 4.43. The quantitative estimate of drug-likeness (QED) is 0.505. The first-order chi connectivity index (χ1) is 15.7. The van der Waals surface area contributed by atoms with Crippen LogP contribution in [0.25, 0.3) is 0 Å². The molecule has 1 N–H and O–H groups in total. The third kappa shape index (κ3) is 3.64. The Labute approximate surface area is 202 Å². The van der Waals surface area contributed by atoms with Crippen molar-refractivity contribution in [1.29, 1.82) is 5.26 Å². The fraction of sp³-hybridized carbons (Fsp3) is 0.774. The molecule has 4 aliphatic carbocycles. The van der Waals surface area contributed by atoms with Crippen LogP contribution in [0.5, 0.6) is 0 Å². The molecule has 2 nitrogen and oxygen atoms in total. The second-order valence-corrected chi connectivity index (χ2v) is 13.4. The average molecular weight is 447 g/mol. The van der Waals surface area contributed by atoms with Crippen LogP contribution in [-0.2, 0) is 0 Å². The molecule has 2 unspecified atom stereocenters. The fourth-order valence-corrected chi connectivity index (χ4v) is 10.2. The highest BCUT2D eigenvalue weighted by molar-refractivity contribution is 5.48. The van der Waals surface area contributed by atoms with Crippen LogP contribution in [-0.4, -0.2) is 6.04 Å². The number of fused-ring (bicyclic) bond motifs is 5. The molecular formula is C31H46N2. The first kappa shape index (κ1) is 23.3. The molecule has 0 aromatic heterocycles. The van der Waals surface area contributed by atoms with Crippen LogP contribution in [0.1, 0.15) is 104 Å². The van der Waals surface area contributed by atoms with Gasteiger partial charge >= 0.3 is 0 Å². The molecule has 2 heteroatoms. The number of hydrogen-bond acceptors (Lipinski definition) is 2. The molecule has 0 aliphatic heterocycles. The van der Waals surface area contributed by atoms with E-state index in [4.69, 9.17) is 5.26 Å². The molecule has 0 bridgehead atoms. The first-order valence-electron chi connectivity index (χ1n) is 14.0. The molecule has 1 aromatic carbocycles. The number of benzene rings is 1. The lowest BCUT2D eigenvalue weighted by molar-refractivity contribution is -0.195. The Morgan fingerprint density at radius 3 is 2.27 bits per heavy atom. The van der Waals surface area contributed by atoms with Crippen molar-refractivity contribution in [3.8, 4) is 6.07 Å². The maximum Gasteiger partial charge on any atom is 0.0991 e. The lowest BCUT2D eigenvalue weighted by Gasteiger charge is -2.69. The maximum absolute atomic E-state index is 9.13. The van der Waals surface area contributed by atoms with Crippen molar-refractivity contribution in [2.45, 2.75) is 105 Å². The molecule has 0 amide bonds. The average Bonchev–Trinajstić information content (AvgIpc) is 2.79. The number of nitrogens with zero attached hydrogens (tertiary/aromatic N) is 1. The smallest absolute Gasteiger partial charge is 0.0991 e. The minimum absolute atomic E-state index is 0.438. The normalized spacial score (nSPS) is 45.6. The first-order valence-corrected chi connectivity index (χ1v) is 14.0. The summed E-state index contributed by atoms with van der Waals surface area (Å²) < 4.78 is 0. The molecule has 4 fully saturated rings. The van der Waals surface area contributed by atoms with Crippen LogP contribution in [0, 0.1) is 57.2 Å². The Hall–Kier alpha value is -1.49. The molecule has 0 saturated heterocycles. The van der Waals surface area contributed by atoms with Gasteiger partial charge in [0.15, 0.2) is 0 Å². The van der Waals surface area contributed by atoms with Gasteiger partial charge in [0.25, 0.3) is 0 Å². The highest BCUT2D eigenvalue weighted by Crippen LogP contribution is 2.71. The van der Waals surface area contributed by atoms with E-state index in [1.54, 1.807) is 0 Å². The van der Waals surface area contributed by atoms with E-state index in [9.17, 15) is 0 Å². The van der Waals surface area contributed by atoms with E-state index >= 15 is 0 Å². The van der Waals surface area contributed by atoms with Gasteiger partial charge in [0.1, 0.15) is 0 Å². The summed E-state index contributed by atoms with van der Waals surface area (Å²) >= 11 is 0. The van der Waals surface area contributed by atoms with Crippen LogP contribution in [0.3, 0.4) is 0 Å². The minimum Gasteiger partial charge on any atom is -0.382 e. The highest BCUT2D eigenvalue weighted by Gasteiger charge is 2.64. The second kappa shape index (κ2) is 8.32. The van der Waals surface area contributed by atoms with E-state index in [2.05, 4.69) is 58.1 Å². The summed E-state index contributed by atoms with van der Waals surface area (Å²) in [6.45, 7) is 13.0. The number of anilines is 1. The second-order valence-electron chi connectivity index (χ2n) is 13.4. The van der Waals surface area contributed by atoms with E-state index in [1.165, 1.54) is 64.2 Å². The predicted octanol–water partition coefficient (Wildman–Crippen LogP) is 8.43. The molecule has 0 spiro atoms. The molecule has 4 aliphatic rings. The molecule has 1 aromatic rings. The molecule has 9 atom stereocenters. The molecule has 180 valence electrons. The van der Waals surface area contributed by atoms with E-state index in [0.29, 0.717) is 22.3 Å². The van der Waals surface area contributed by atoms with Gasteiger partial charge in [-0.3, -0.25) is 0 Å². The molecule has 0 heterocycles. The van der Waals surface area contributed by atoms with Crippen molar-refractivity contribution in [1.82, 2.24) is 0 Å². The summed E-state index contributed by atoms with van der Waals surface area (Å²) in [5.41, 5.74) is 3.45. The Bertz CT molecular complexity index is 898. The van der Waals surface area contributed by atoms with Gasteiger partial charge in [-0.1, -0.05) is 40.5 Å². The predicted molar refractivity (Wildman–Crippen MR) is 138 cm³/mol. The highest BCUT2D eigenvalue weighted by atomic mass is 14.9. The zero-order valence-electron chi connectivity index (χ0n) is 21.8. The molecule has 0 radical (unpaired) electrons. The van der Waals surface area contributed by atoms with Crippen molar-refractivity contribution in [3.05, 3.63) is 29.8 Å². The molecular weight excluding hydrogens is 400 g/mol. The third-order valence-electron chi connectivity index (χ3n) is 11.8. The summed E-state index contributed by atoms with van der Waals surface area (Å²) in [4.78, 5) is 0. The van der Waals surface area contributed by atoms with Crippen LogP contribution >= 0.6 is 0 Å². The van der Waals surface area contributed by atoms with E-state index in [-0.39, 0.29) is 0 Å². The SMILES string of the molecule is C[C@H]1CC[C@]2(C)C3CC[C@]4(C)C([C@@H](C)Nc5ccc(C#N)cc5)CCC[C@H]4[C@]3(C)CC[C@@H]2C1. The van der Waals surface area contributed by atoms with Crippen molar-refractivity contribution in [2.75, 3.05) is 5.32 Å².